The van der Waals surface area contributed by atoms with Gasteiger partial charge >= 0.3 is 4.87 Å². The van der Waals surface area contributed by atoms with Gasteiger partial charge in [0.1, 0.15) is 0 Å². The molecule has 4 rings (SSSR count). The Labute approximate surface area is 133 Å². The molecular weight excluding hydrogens is 320 g/mol. The molecule has 0 radical (unpaired) electrons. The van der Waals surface area contributed by atoms with Gasteiger partial charge in [0.05, 0.1) is 15.1 Å². The fourth-order valence-corrected chi connectivity index (χ4v) is 6.27. The molecule has 1 aromatic heterocycles. The largest absolute Gasteiger partial charge is 0.307 e. The van der Waals surface area contributed by atoms with E-state index in [0.717, 1.165) is 36.1 Å². The minimum atomic E-state index is -3.52. The van der Waals surface area contributed by atoms with Gasteiger partial charge in [0, 0.05) is 13.1 Å². The highest BCUT2D eigenvalue weighted by molar-refractivity contribution is 7.89. The smallest absolute Gasteiger partial charge is 0.302 e. The van der Waals surface area contributed by atoms with Crippen molar-refractivity contribution in [1.29, 1.82) is 0 Å². The lowest BCUT2D eigenvalue weighted by atomic mass is 9.96. The van der Waals surface area contributed by atoms with E-state index in [1.165, 1.54) is 6.42 Å². The summed E-state index contributed by atoms with van der Waals surface area (Å²) >= 11 is 1.08. The van der Waals surface area contributed by atoms with Crippen molar-refractivity contribution in [1.82, 2.24) is 9.29 Å². The highest BCUT2D eigenvalue weighted by Gasteiger charge is 2.41. The molecule has 7 heteroatoms. The molecule has 0 amide bonds. The van der Waals surface area contributed by atoms with Crippen molar-refractivity contribution in [3.63, 3.8) is 0 Å². The molecule has 0 saturated heterocycles. The van der Waals surface area contributed by atoms with Crippen molar-refractivity contribution in [2.75, 3.05) is 0 Å². The van der Waals surface area contributed by atoms with Crippen molar-refractivity contribution in [2.24, 2.45) is 18.9 Å². The van der Waals surface area contributed by atoms with Crippen molar-refractivity contribution < 1.29 is 8.42 Å². The van der Waals surface area contributed by atoms with Gasteiger partial charge in [-0.3, -0.25) is 4.79 Å². The second kappa shape index (κ2) is 4.91. The minimum Gasteiger partial charge on any atom is -0.302 e. The molecule has 0 unspecified atom stereocenters. The number of nitrogens with one attached hydrogen (secondary N) is 1. The number of sulfonamides is 1. The highest BCUT2D eigenvalue weighted by atomic mass is 32.2. The summed E-state index contributed by atoms with van der Waals surface area (Å²) in [6.07, 6.45) is 4.50. The second-order valence-corrected chi connectivity index (χ2v) is 9.17. The van der Waals surface area contributed by atoms with Crippen LogP contribution >= 0.6 is 11.3 Å². The number of thiazole rings is 1. The average Bonchev–Trinajstić information content (AvgIpc) is 3.14. The second-order valence-electron chi connectivity index (χ2n) is 6.46. The lowest BCUT2D eigenvalue weighted by Crippen LogP contribution is -2.38. The number of hydrogen-bond acceptors (Lipinski definition) is 4. The zero-order valence-electron chi connectivity index (χ0n) is 12.3. The van der Waals surface area contributed by atoms with E-state index in [2.05, 4.69) is 4.72 Å². The fraction of sp³-hybridized carbons (Fsp3) is 0.533. The Balaban J connectivity index is 1.66. The zero-order valence-corrected chi connectivity index (χ0v) is 13.9. The van der Waals surface area contributed by atoms with Gasteiger partial charge in [0.25, 0.3) is 0 Å². The van der Waals surface area contributed by atoms with Gasteiger partial charge in [-0.1, -0.05) is 17.8 Å². The van der Waals surface area contributed by atoms with Gasteiger partial charge in [-0.05, 0) is 49.3 Å². The van der Waals surface area contributed by atoms with Crippen molar-refractivity contribution in [2.45, 2.75) is 36.6 Å². The van der Waals surface area contributed by atoms with Crippen LogP contribution in [0.15, 0.2) is 27.9 Å². The van der Waals surface area contributed by atoms with E-state index in [-0.39, 0.29) is 15.8 Å². The first-order chi connectivity index (χ1) is 10.4. The topological polar surface area (TPSA) is 68.2 Å². The molecule has 2 bridgehead atoms. The van der Waals surface area contributed by atoms with Crippen LogP contribution in [-0.4, -0.2) is 19.0 Å². The van der Waals surface area contributed by atoms with Crippen LogP contribution in [0.4, 0.5) is 0 Å². The van der Waals surface area contributed by atoms with Crippen molar-refractivity contribution in [3.05, 3.63) is 27.9 Å². The van der Waals surface area contributed by atoms with Gasteiger partial charge in [0.15, 0.2) is 0 Å². The molecule has 2 aliphatic rings. The molecule has 2 aromatic rings. The molecule has 0 spiro atoms. The van der Waals surface area contributed by atoms with Crippen molar-refractivity contribution in [3.8, 4) is 0 Å². The first-order valence-electron chi connectivity index (χ1n) is 7.56. The number of fused-ring (bicyclic) bond motifs is 3. The van der Waals surface area contributed by atoms with E-state index in [4.69, 9.17) is 0 Å². The van der Waals surface area contributed by atoms with Crippen LogP contribution in [0.5, 0.6) is 0 Å². The number of nitrogens with zero attached hydrogens (tertiary/aromatic N) is 1. The highest BCUT2D eigenvalue weighted by Crippen LogP contribution is 2.44. The summed E-state index contributed by atoms with van der Waals surface area (Å²) in [6, 6.07) is 4.98. The Morgan fingerprint density at radius 2 is 2.09 bits per heavy atom. The maximum absolute atomic E-state index is 12.6. The van der Waals surface area contributed by atoms with Gasteiger partial charge in [0.2, 0.25) is 10.0 Å². The Bertz CT molecular complexity index is 897. The molecule has 0 aliphatic heterocycles. The van der Waals surface area contributed by atoms with E-state index in [1.807, 2.05) is 0 Å². The number of aromatic nitrogens is 1. The molecule has 2 aliphatic carbocycles. The van der Waals surface area contributed by atoms with E-state index in [0.29, 0.717) is 16.5 Å². The molecule has 3 atom stereocenters. The summed E-state index contributed by atoms with van der Waals surface area (Å²) in [5.74, 6) is 1.19. The van der Waals surface area contributed by atoms with E-state index >= 15 is 0 Å². The summed E-state index contributed by atoms with van der Waals surface area (Å²) in [5, 5.41) is 0. The van der Waals surface area contributed by atoms with Gasteiger partial charge in [-0.15, -0.1) is 0 Å². The first kappa shape index (κ1) is 14.4. The van der Waals surface area contributed by atoms with Gasteiger partial charge < -0.3 is 4.57 Å². The lowest BCUT2D eigenvalue weighted by Gasteiger charge is -2.22. The third-order valence-corrected chi connectivity index (χ3v) is 7.60. The number of benzene rings is 1. The molecule has 1 N–H and O–H groups in total. The first-order valence-corrected chi connectivity index (χ1v) is 9.86. The monoisotopic (exact) mass is 338 g/mol. The summed E-state index contributed by atoms with van der Waals surface area (Å²) in [4.78, 5) is 11.9. The molecular formula is C15H18N2O3S2. The van der Waals surface area contributed by atoms with Crippen LogP contribution in [0.2, 0.25) is 0 Å². The SMILES string of the molecule is Cn1c(=O)sc2cc(S(=O)(=O)N[C@H]3C[C@H]4CC[C@H]3C4)ccc21. The van der Waals surface area contributed by atoms with Crippen LogP contribution in [-0.2, 0) is 17.1 Å². The summed E-state index contributed by atoms with van der Waals surface area (Å²) in [7, 11) is -1.82. The average molecular weight is 338 g/mol. The maximum atomic E-state index is 12.6. The molecule has 2 fully saturated rings. The lowest BCUT2D eigenvalue weighted by molar-refractivity contribution is 0.390. The molecule has 2 saturated carbocycles. The number of rotatable bonds is 3. The Morgan fingerprint density at radius 1 is 1.27 bits per heavy atom. The van der Waals surface area contributed by atoms with Crippen LogP contribution in [0.1, 0.15) is 25.7 Å². The minimum absolute atomic E-state index is 0.0777. The van der Waals surface area contributed by atoms with Crippen LogP contribution in [0, 0.1) is 11.8 Å². The molecule has 5 nitrogen and oxygen atoms in total. The third kappa shape index (κ3) is 2.23. The Kier molecular flexibility index (Phi) is 3.22. The van der Waals surface area contributed by atoms with E-state index in [9.17, 15) is 13.2 Å². The summed E-state index contributed by atoms with van der Waals surface area (Å²) < 4.78 is 30.4. The van der Waals surface area contributed by atoms with Crippen LogP contribution < -0.4 is 9.60 Å². The quantitative estimate of drug-likeness (QED) is 0.931. The standard InChI is InChI=1S/C15H18N2O3S2/c1-17-13-5-4-11(8-14(13)21-15(17)18)22(19,20)16-12-7-9-2-3-10(12)6-9/h4-5,8-10,12,16H,2-3,6-7H2,1H3/t9-,10-,12-/m0/s1. The third-order valence-electron chi connectivity index (χ3n) is 5.12. The molecule has 22 heavy (non-hydrogen) atoms. The van der Waals surface area contributed by atoms with E-state index in [1.54, 1.807) is 29.8 Å². The molecule has 1 heterocycles. The van der Waals surface area contributed by atoms with E-state index < -0.39 is 10.0 Å². The van der Waals surface area contributed by atoms with Crippen LogP contribution in [0.3, 0.4) is 0 Å². The zero-order chi connectivity index (χ0) is 15.5. The fourth-order valence-electron chi connectivity index (χ4n) is 3.94. The normalized spacial score (nSPS) is 27.8. The predicted octanol–water partition coefficient (Wildman–Crippen LogP) is 2.07. The predicted molar refractivity (Wildman–Crippen MR) is 86.6 cm³/mol. The summed E-state index contributed by atoms with van der Waals surface area (Å²) in [6.45, 7) is 0. The van der Waals surface area contributed by atoms with Crippen LogP contribution in [0.25, 0.3) is 10.2 Å². The maximum Gasteiger partial charge on any atom is 0.307 e. The van der Waals surface area contributed by atoms with Gasteiger partial charge in [-0.2, -0.15) is 0 Å². The number of aryl methyl sites for hydroxylation is 1. The number of hydrogen-bond donors (Lipinski definition) is 1. The molecule has 1 aromatic carbocycles. The Morgan fingerprint density at radius 3 is 2.77 bits per heavy atom. The summed E-state index contributed by atoms with van der Waals surface area (Å²) in [5.41, 5.74) is 0.772. The van der Waals surface area contributed by atoms with Crippen molar-refractivity contribution >= 4 is 31.6 Å². The molecule has 118 valence electrons. The Hall–Kier alpha value is -1.18. The van der Waals surface area contributed by atoms with Gasteiger partial charge in [-0.25, -0.2) is 13.1 Å².